The van der Waals surface area contributed by atoms with Gasteiger partial charge in [-0.15, -0.1) is 0 Å². The van der Waals surface area contributed by atoms with Gasteiger partial charge in [-0.25, -0.2) is 0 Å². The van der Waals surface area contributed by atoms with Crippen molar-refractivity contribution in [1.29, 1.82) is 0 Å². The summed E-state index contributed by atoms with van der Waals surface area (Å²) in [4.78, 5) is 4.64. The molecule has 2 aliphatic carbocycles. The zero-order valence-corrected chi connectivity index (χ0v) is 29.9. The molecule has 2 nitrogen and oxygen atoms in total. The van der Waals surface area contributed by atoms with Gasteiger partial charge in [-0.1, -0.05) is 140 Å². The molecular weight excluding hydrogens is 653 g/mol. The van der Waals surface area contributed by atoms with Crippen LogP contribution < -0.4 is 9.80 Å². The minimum absolute atomic E-state index is 0.192. The Hall–Kier alpha value is -6.90. The van der Waals surface area contributed by atoms with Gasteiger partial charge in [-0.05, 0) is 129 Å². The molecule has 0 fully saturated rings. The molecule has 0 heterocycles. The molecule has 0 spiro atoms. The Labute approximate surface area is 317 Å². The molecule has 10 rings (SSSR count). The molecule has 8 aromatic carbocycles. The van der Waals surface area contributed by atoms with Crippen LogP contribution in [-0.4, -0.2) is 0 Å². The third kappa shape index (κ3) is 5.60. The van der Waals surface area contributed by atoms with Crippen LogP contribution in [0.4, 0.5) is 34.1 Å². The number of allylic oxidation sites excluding steroid dienone is 3. The molecule has 0 radical (unpaired) electrons. The van der Waals surface area contributed by atoms with Crippen molar-refractivity contribution in [2.75, 3.05) is 9.80 Å². The fourth-order valence-corrected chi connectivity index (χ4v) is 8.43. The quantitative estimate of drug-likeness (QED) is 0.157. The Morgan fingerprint density at radius 1 is 0.426 bits per heavy atom. The zero-order valence-electron chi connectivity index (χ0n) is 29.9. The predicted octanol–water partition coefficient (Wildman–Crippen LogP) is 14.2. The van der Waals surface area contributed by atoms with Crippen LogP contribution in [-0.2, 0) is 6.42 Å². The minimum atomic E-state index is 0.192. The number of hydrogen-bond acceptors (Lipinski definition) is 2. The molecule has 0 bridgehead atoms. The second kappa shape index (κ2) is 13.6. The van der Waals surface area contributed by atoms with Gasteiger partial charge >= 0.3 is 0 Å². The van der Waals surface area contributed by atoms with Crippen LogP contribution in [0.5, 0.6) is 0 Å². The third-order valence-corrected chi connectivity index (χ3v) is 10.9. The molecule has 0 saturated heterocycles. The summed E-state index contributed by atoms with van der Waals surface area (Å²) in [6, 6.07) is 70.0. The Kier molecular flexibility index (Phi) is 8.00. The molecule has 0 N–H and O–H groups in total. The number of rotatable bonds is 8. The van der Waals surface area contributed by atoms with E-state index < -0.39 is 0 Å². The second-order valence-electron chi connectivity index (χ2n) is 14.1. The molecule has 2 heteroatoms. The van der Waals surface area contributed by atoms with E-state index in [1.807, 2.05) is 0 Å². The van der Waals surface area contributed by atoms with Crippen LogP contribution in [0, 0.1) is 0 Å². The van der Waals surface area contributed by atoms with E-state index in [-0.39, 0.29) is 5.92 Å². The van der Waals surface area contributed by atoms with E-state index in [4.69, 9.17) is 0 Å². The first-order valence-electron chi connectivity index (χ1n) is 18.8. The first-order valence-corrected chi connectivity index (χ1v) is 18.8. The Morgan fingerprint density at radius 2 is 0.907 bits per heavy atom. The van der Waals surface area contributed by atoms with Crippen LogP contribution in [0.15, 0.2) is 206 Å². The average Bonchev–Trinajstić information content (AvgIpc) is 3.25. The lowest BCUT2D eigenvalue weighted by Crippen LogP contribution is -2.12. The summed E-state index contributed by atoms with van der Waals surface area (Å²) < 4.78 is 0. The van der Waals surface area contributed by atoms with Crippen LogP contribution in [0.3, 0.4) is 0 Å². The highest BCUT2D eigenvalue weighted by molar-refractivity contribution is 6.09. The van der Waals surface area contributed by atoms with E-state index in [0.717, 1.165) is 40.5 Å². The van der Waals surface area contributed by atoms with E-state index >= 15 is 0 Å². The summed E-state index contributed by atoms with van der Waals surface area (Å²) in [5.41, 5.74) is 16.2. The van der Waals surface area contributed by atoms with Crippen LogP contribution in [0.25, 0.3) is 33.5 Å². The topological polar surface area (TPSA) is 6.48 Å². The van der Waals surface area contributed by atoms with Crippen molar-refractivity contribution in [3.05, 3.63) is 229 Å². The van der Waals surface area contributed by atoms with Gasteiger partial charge in [-0.2, -0.15) is 0 Å². The second-order valence-corrected chi connectivity index (χ2v) is 14.1. The normalized spacial score (nSPS) is 14.1. The highest BCUT2D eigenvalue weighted by atomic mass is 15.1. The Balaban J connectivity index is 0.998. The molecule has 0 saturated carbocycles. The van der Waals surface area contributed by atoms with Crippen LogP contribution >= 0.6 is 0 Å². The summed E-state index contributed by atoms with van der Waals surface area (Å²) in [6.07, 6.45) is 8.13. The average molecular weight is 691 g/mol. The first-order chi connectivity index (χ1) is 26.8. The molecule has 1 atom stereocenters. The maximum absolute atomic E-state index is 2.47. The van der Waals surface area contributed by atoms with E-state index in [1.165, 1.54) is 49.7 Å². The maximum atomic E-state index is 2.47. The van der Waals surface area contributed by atoms with E-state index in [0.29, 0.717) is 0 Å². The van der Waals surface area contributed by atoms with Gasteiger partial charge in [0, 0.05) is 40.0 Å². The molecule has 8 aromatic rings. The number of para-hydroxylation sites is 4. The summed E-state index contributed by atoms with van der Waals surface area (Å²) >= 11 is 0. The SMILES string of the molecule is C1=CC(c2ccc(N(c3ccccc3)c3ccccc3)cc2)C2=CCc3ccc(-c4ccc(N(c5ccccc5)c5ccccc5)cc4)c4ccc1c2c34. The maximum Gasteiger partial charge on any atom is 0.0462 e. The van der Waals surface area contributed by atoms with Gasteiger partial charge in [0.2, 0.25) is 0 Å². The van der Waals surface area contributed by atoms with Crippen LogP contribution in [0.2, 0.25) is 0 Å². The van der Waals surface area contributed by atoms with Crippen molar-refractivity contribution in [1.82, 2.24) is 0 Å². The summed E-state index contributed by atoms with van der Waals surface area (Å²) in [5, 5.41) is 2.71. The van der Waals surface area contributed by atoms with E-state index in [9.17, 15) is 0 Å². The summed E-state index contributed by atoms with van der Waals surface area (Å²) in [5.74, 6) is 0.192. The molecule has 0 amide bonds. The lowest BCUT2D eigenvalue weighted by molar-refractivity contribution is 1.07. The van der Waals surface area contributed by atoms with Gasteiger partial charge in [0.15, 0.2) is 0 Å². The minimum Gasteiger partial charge on any atom is -0.311 e. The monoisotopic (exact) mass is 690 g/mol. The molecule has 1 unspecified atom stereocenters. The van der Waals surface area contributed by atoms with Crippen molar-refractivity contribution in [2.45, 2.75) is 12.3 Å². The van der Waals surface area contributed by atoms with E-state index in [1.54, 1.807) is 0 Å². The van der Waals surface area contributed by atoms with Gasteiger partial charge < -0.3 is 9.80 Å². The molecule has 2 aliphatic rings. The van der Waals surface area contributed by atoms with Gasteiger partial charge in [0.1, 0.15) is 0 Å². The van der Waals surface area contributed by atoms with Crippen molar-refractivity contribution < 1.29 is 0 Å². The Bertz CT molecular complexity index is 2560. The summed E-state index contributed by atoms with van der Waals surface area (Å²) in [7, 11) is 0. The smallest absolute Gasteiger partial charge is 0.0462 e. The molecule has 54 heavy (non-hydrogen) atoms. The van der Waals surface area contributed by atoms with Gasteiger partial charge in [-0.3, -0.25) is 0 Å². The number of anilines is 6. The largest absolute Gasteiger partial charge is 0.311 e. The van der Waals surface area contributed by atoms with Crippen molar-refractivity contribution >= 4 is 56.5 Å². The highest BCUT2D eigenvalue weighted by Gasteiger charge is 2.28. The number of benzene rings is 8. The lowest BCUT2D eigenvalue weighted by Gasteiger charge is -2.30. The molecule has 256 valence electrons. The fraction of sp³-hybridized carbons (Fsp3) is 0.0385. The van der Waals surface area contributed by atoms with Gasteiger partial charge in [0.05, 0.1) is 0 Å². The standard InChI is InChI=1S/C52H38N2/c1-5-13-41(14-6-1)53(42-15-7-2-8-16-42)45-29-21-37(22-30-45)47-33-25-39-28-36-50-48(34-26-40-27-35-49(47)51(39)52(40)50)38-23-31-46(32-24-38)54(43-17-9-3-10-18-43)44-19-11-4-12-20-44/h1-27,29-36,48H,28H2. The van der Waals surface area contributed by atoms with Gasteiger partial charge in [0.25, 0.3) is 0 Å². The van der Waals surface area contributed by atoms with Crippen molar-refractivity contribution in [3.8, 4) is 11.1 Å². The molecular formula is C52H38N2. The summed E-state index contributed by atoms with van der Waals surface area (Å²) in [6.45, 7) is 0. The lowest BCUT2D eigenvalue weighted by atomic mass is 9.74. The molecule has 0 aliphatic heterocycles. The Morgan fingerprint density at radius 3 is 1.43 bits per heavy atom. The fourth-order valence-electron chi connectivity index (χ4n) is 8.43. The number of hydrogen-bond donors (Lipinski definition) is 0. The number of nitrogens with zero attached hydrogens (tertiary/aromatic N) is 2. The molecule has 0 aromatic heterocycles. The first kappa shape index (κ1) is 31.8. The van der Waals surface area contributed by atoms with Crippen molar-refractivity contribution in [3.63, 3.8) is 0 Å². The third-order valence-electron chi connectivity index (χ3n) is 10.9. The van der Waals surface area contributed by atoms with E-state index in [2.05, 4.69) is 222 Å². The predicted molar refractivity (Wildman–Crippen MR) is 229 cm³/mol. The van der Waals surface area contributed by atoms with Crippen LogP contribution in [0.1, 0.15) is 28.2 Å². The highest BCUT2D eigenvalue weighted by Crippen LogP contribution is 2.48. The zero-order chi connectivity index (χ0) is 35.8. The van der Waals surface area contributed by atoms with Crippen molar-refractivity contribution in [2.24, 2.45) is 0 Å².